The summed E-state index contributed by atoms with van der Waals surface area (Å²) in [4.78, 5) is 4.62. The monoisotopic (exact) mass is 369 g/mol. The molecule has 1 fully saturated rings. The SMILES string of the molecule is CCCCn1c(C(CC)N(C)C)nn(CN2CCOC(C)(C)C2)c1=S. The lowest BCUT2D eigenvalue weighted by atomic mass is 10.1. The zero-order valence-electron chi connectivity index (χ0n) is 16.8. The van der Waals surface area contributed by atoms with Crippen molar-refractivity contribution in [2.24, 2.45) is 0 Å². The first-order valence-electron chi connectivity index (χ1n) is 9.49. The number of aromatic nitrogens is 3. The molecule has 1 aliphatic rings. The molecule has 0 aromatic carbocycles. The minimum absolute atomic E-state index is 0.108. The van der Waals surface area contributed by atoms with Crippen molar-refractivity contribution in [3.8, 4) is 0 Å². The van der Waals surface area contributed by atoms with Crippen molar-refractivity contribution >= 4 is 12.2 Å². The molecule has 1 aromatic rings. The van der Waals surface area contributed by atoms with Crippen LogP contribution in [-0.4, -0.2) is 63.5 Å². The van der Waals surface area contributed by atoms with Crippen LogP contribution in [0.15, 0.2) is 0 Å². The van der Waals surface area contributed by atoms with Crippen LogP contribution in [0.25, 0.3) is 0 Å². The van der Waals surface area contributed by atoms with E-state index >= 15 is 0 Å². The highest BCUT2D eigenvalue weighted by Gasteiger charge is 2.28. The molecule has 7 heteroatoms. The number of morpholine rings is 1. The average molecular weight is 370 g/mol. The molecule has 0 N–H and O–H groups in total. The van der Waals surface area contributed by atoms with Crippen molar-refractivity contribution in [1.82, 2.24) is 24.1 Å². The Morgan fingerprint density at radius 1 is 1.32 bits per heavy atom. The smallest absolute Gasteiger partial charge is 0.199 e. The van der Waals surface area contributed by atoms with Gasteiger partial charge in [-0.05, 0) is 53.0 Å². The summed E-state index contributed by atoms with van der Waals surface area (Å²) in [6.45, 7) is 13.0. The van der Waals surface area contributed by atoms with Gasteiger partial charge in [-0.1, -0.05) is 20.3 Å². The Morgan fingerprint density at radius 2 is 2.04 bits per heavy atom. The third-order valence-corrected chi connectivity index (χ3v) is 5.26. The first kappa shape index (κ1) is 20.6. The van der Waals surface area contributed by atoms with Crippen LogP contribution < -0.4 is 0 Å². The lowest BCUT2D eigenvalue weighted by molar-refractivity contribution is -0.0947. The highest BCUT2D eigenvalue weighted by atomic mass is 32.1. The van der Waals surface area contributed by atoms with Gasteiger partial charge in [-0.2, -0.15) is 5.10 Å². The standard InChI is InChI=1S/C18H35N5OS/c1-7-9-10-22-16(15(8-2)20(5)6)19-23(17(22)25)14-21-11-12-24-18(3,4)13-21/h15H,7-14H2,1-6H3. The van der Waals surface area contributed by atoms with Gasteiger partial charge in [0.05, 0.1) is 24.9 Å². The summed E-state index contributed by atoms with van der Waals surface area (Å²) in [7, 11) is 4.23. The number of unbranched alkanes of at least 4 members (excludes halogenated alkanes) is 1. The van der Waals surface area contributed by atoms with Crippen molar-refractivity contribution in [3.05, 3.63) is 10.6 Å². The van der Waals surface area contributed by atoms with Crippen LogP contribution in [0.1, 0.15) is 58.8 Å². The Bertz CT molecular complexity index is 607. The van der Waals surface area contributed by atoms with Crippen molar-refractivity contribution < 1.29 is 4.74 Å². The van der Waals surface area contributed by atoms with Crippen LogP contribution in [0.2, 0.25) is 0 Å². The van der Waals surface area contributed by atoms with Gasteiger partial charge in [-0.3, -0.25) is 9.80 Å². The van der Waals surface area contributed by atoms with Crippen LogP contribution in [0.5, 0.6) is 0 Å². The van der Waals surface area contributed by atoms with E-state index in [0.717, 1.165) is 62.8 Å². The molecule has 1 atom stereocenters. The second-order valence-electron chi connectivity index (χ2n) is 7.84. The molecule has 0 aliphatic carbocycles. The van der Waals surface area contributed by atoms with Gasteiger partial charge < -0.3 is 9.30 Å². The van der Waals surface area contributed by atoms with Gasteiger partial charge >= 0.3 is 0 Å². The number of hydrogen-bond donors (Lipinski definition) is 0. The molecular weight excluding hydrogens is 334 g/mol. The number of hydrogen-bond acceptors (Lipinski definition) is 5. The Labute approximate surface area is 157 Å². The lowest BCUT2D eigenvalue weighted by Gasteiger charge is -2.37. The molecular formula is C18H35N5OS. The Hall–Kier alpha value is -0.760. The summed E-state index contributed by atoms with van der Waals surface area (Å²) in [5, 5.41) is 4.95. The van der Waals surface area contributed by atoms with E-state index in [2.05, 4.69) is 56.2 Å². The van der Waals surface area contributed by atoms with E-state index in [-0.39, 0.29) is 5.60 Å². The molecule has 1 saturated heterocycles. The number of nitrogens with zero attached hydrogens (tertiary/aromatic N) is 5. The van der Waals surface area contributed by atoms with Crippen molar-refractivity contribution in [2.75, 3.05) is 33.8 Å². The molecule has 0 bridgehead atoms. The van der Waals surface area contributed by atoms with Gasteiger partial charge in [0, 0.05) is 19.6 Å². The van der Waals surface area contributed by atoms with E-state index < -0.39 is 0 Å². The summed E-state index contributed by atoms with van der Waals surface area (Å²) in [5.74, 6) is 1.10. The molecule has 0 saturated carbocycles. The fourth-order valence-electron chi connectivity index (χ4n) is 3.53. The Morgan fingerprint density at radius 3 is 2.60 bits per heavy atom. The molecule has 25 heavy (non-hydrogen) atoms. The molecule has 1 unspecified atom stereocenters. The molecule has 1 aromatic heterocycles. The third-order valence-electron chi connectivity index (χ3n) is 4.83. The van der Waals surface area contributed by atoms with E-state index in [1.807, 2.05) is 4.68 Å². The highest BCUT2D eigenvalue weighted by Crippen LogP contribution is 2.22. The molecule has 6 nitrogen and oxygen atoms in total. The van der Waals surface area contributed by atoms with E-state index in [1.54, 1.807) is 0 Å². The van der Waals surface area contributed by atoms with E-state index in [1.165, 1.54) is 0 Å². The lowest BCUT2D eigenvalue weighted by Crippen LogP contribution is -2.48. The molecule has 0 amide bonds. The minimum atomic E-state index is -0.108. The second kappa shape index (κ2) is 8.75. The predicted molar refractivity (Wildman–Crippen MR) is 104 cm³/mol. The summed E-state index contributed by atoms with van der Waals surface area (Å²) in [6.07, 6.45) is 3.31. The van der Waals surface area contributed by atoms with Crippen molar-refractivity contribution in [2.45, 2.75) is 71.8 Å². The first-order valence-corrected chi connectivity index (χ1v) is 9.90. The summed E-state index contributed by atoms with van der Waals surface area (Å²) in [5.41, 5.74) is -0.108. The zero-order valence-corrected chi connectivity index (χ0v) is 17.6. The van der Waals surface area contributed by atoms with Crippen molar-refractivity contribution in [3.63, 3.8) is 0 Å². The minimum Gasteiger partial charge on any atom is -0.373 e. The maximum Gasteiger partial charge on any atom is 0.199 e. The molecule has 2 rings (SSSR count). The van der Waals surface area contributed by atoms with E-state index in [4.69, 9.17) is 22.1 Å². The summed E-state index contributed by atoms with van der Waals surface area (Å²) < 4.78 is 10.9. The fraction of sp³-hybridized carbons (Fsp3) is 0.889. The molecule has 0 spiro atoms. The van der Waals surface area contributed by atoms with Crippen LogP contribution in [0, 0.1) is 4.77 Å². The van der Waals surface area contributed by atoms with Crippen molar-refractivity contribution in [1.29, 1.82) is 0 Å². The maximum absolute atomic E-state index is 5.82. The highest BCUT2D eigenvalue weighted by molar-refractivity contribution is 7.71. The fourth-order valence-corrected chi connectivity index (χ4v) is 3.81. The second-order valence-corrected chi connectivity index (χ2v) is 8.20. The summed E-state index contributed by atoms with van der Waals surface area (Å²) >= 11 is 5.79. The Balaban J connectivity index is 2.29. The normalized spacial score (nSPS) is 19.5. The maximum atomic E-state index is 5.82. The van der Waals surface area contributed by atoms with E-state index in [9.17, 15) is 0 Å². The Kier molecular flexibility index (Phi) is 7.19. The van der Waals surface area contributed by atoms with Gasteiger partial charge in [0.1, 0.15) is 5.82 Å². The molecule has 2 heterocycles. The van der Waals surface area contributed by atoms with Gasteiger partial charge in [-0.15, -0.1) is 0 Å². The van der Waals surface area contributed by atoms with Gasteiger partial charge in [0.25, 0.3) is 0 Å². The quantitative estimate of drug-likeness (QED) is 0.658. The van der Waals surface area contributed by atoms with E-state index in [0.29, 0.717) is 6.04 Å². The summed E-state index contributed by atoms with van der Waals surface area (Å²) in [6, 6.07) is 0.293. The largest absolute Gasteiger partial charge is 0.373 e. The average Bonchev–Trinajstić information content (AvgIpc) is 2.81. The van der Waals surface area contributed by atoms with Gasteiger partial charge in [0.15, 0.2) is 4.77 Å². The first-order chi connectivity index (χ1) is 11.8. The predicted octanol–water partition coefficient (Wildman–Crippen LogP) is 3.30. The van der Waals surface area contributed by atoms with Gasteiger partial charge in [0.2, 0.25) is 0 Å². The number of rotatable bonds is 8. The van der Waals surface area contributed by atoms with Crippen LogP contribution in [0.4, 0.5) is 0 Å². The number of ether oxygens (including phenoxy) is 1. The topological polar surface area (TPSA) is 38.5 Å². The zero-order chi connectivity index (χ0) is 18.6. The van der Waals surface area contributed by atoms with Crippen LogP contribution in [-0.2, 0) is 18.0 Å². The van der Waals surface area contributed by atoms with Gasteiger partial charge in [-0.25, -0.2) is 4.68 Å². The van der Waals surface area contributed by atoms with Crippen LogP contribution >= 0.6 is 12.2 Å². The molecule has 0 radical (unpaired) electrons. The molecule has 144 valence electrons. The van der Waals surface area contributed by atoms with Crippen LogP contribution in [0.3, 0.4) is 0 Å². The molecule has 1 aliphatic heterocycles. The third kappa shape index (κ3) is 5.12.